The molecule has 0 atom stereocenters. The molecule has 0 bridgehead atoms. The van der Waals surface area contributed by atoms with E-state index >= 15 is 0 Å². The quantitative estimate of drug-likeness (QED) is 0.429. The van der Waals surface area contributed by atoms with Crippen molar-refractivity contribution >= 4 is 15.9 Å². The van der Waals surface area contributed by atoms with Crippen LogP contribution in [-0.4, -0.2) is 26.6 Å². The molecule has 5 nitrogen and oxygen atoms in total. The van der Waals surface area contributed by atoms with Crippen LogP contribution in [0.3, 0.4) is 0 Å². The zero-order chi connectivity index (χ0) is 8.91. The van der Waals surface area contributed by atoms with Gasteiger partial charge in [0.05, 0.1) is 18.1 Å². The van der Waals surface area contributed by atoms with Crippen molar-refractivity contribution in [3.8, 4) is 0 Å². The Bertz CT molecular complexity index is 232. The summed E-state index contributed by atoms with van der Waals surface area (Å²) in [7, 11) is -3.39. The molecule has 0 saturated heterocycles. The number of nitrogens with zero attached hydrogens (tertiary/aromatic N) is 1. The van der Waals surface area contributed by atoms with Gasteiger partial charge in [0.15, 0.2) is 0 Å². The monoisotopic (exact) mass is 179 g/mol. The number of amidine groups is 1. The lowest BCUT2D eigenvalue weighted by atomic mass is 10.4. The highest BCUT2D eigenvalue weighted by Crippen LogP contribution is 1.81. The Morgan fingerprint density at radius 3 is 2.45 bits per heavy atom. The van der Waals surface area contributed by atoms with Crippen LogP contribution in [0.4, 0.5) is 0 Å². The summed E-state index contributed by atoms with van der Waals surface area (Å²) in [5.41, 5.74) is 5.32. The number of hydrogen-bond acceptors (Lipinski definition) is 3. The standard InChI is InChI=1S/C5H13N3O2S/c1-2-5(6)8-3-4-11(7,9)10/h2-4H2,1H3,(H2,6,8)(H2,7,9,10). The number of nitrogens with two attached hydrogens (primary N) is 2. The zero-order valence-corrected chi connectivity index (χ0v) is 7.26. The molecule has 11 heavy (non-hydrogen) atoms. The number of rotatable bonds is 4. The van der Waals surface area contributed by atoms with Crippen LogP contribution < -0.4 is 10.9 Å². The molecule has 6 heteroatoms. The molecular weight excluding hydrogens is 166 g/mol. The molecule has 0 aromatic rings. The highest BCUT2D eigenvalue weighted by molar-refractivity contribution is 7.89. The number of aliphatic imine (C=N–C) groups is 1. The lowest BCUT2D eigenvalue weighted by molar-refractivity contribution is 0.597. The van der Waals surface area contributed by atoms with Gasteiger partial charge in [0.2, 0.25) is 10.0 Å². The fourth-order valence-corrected chi connectivity index (χ4v) is 0.774. The maximum Gasteiger partial charge on any atom is 0.210 e. The van der Waals surface area contributed by atoms with Gasteiger partial charge in [-0.2, -0.15) is 0 Å². The van der Waals surface area contributed by atoms with Crippen LogP contribution in [0.1, 0.15) is 13.3 Å². The molecule has 0 aliphatic carbocycles. The van der Waals surface area contributed by atoms with Crippen molar-refractivity contribution in [1.82, 2.24) is 0 Å². The Morgan fingerprint density at radius 1 is 1.55 bits per heavy atom. The van der Waals surface area contributed by atoms with Gasteiger partial charge in [0.1, 0.15) is 0 Å². The Balaban J connectivity index is 3.75. The van der Waals surface area contributed by atoms with Crippen molar-refractivity contribution in [2.24, 2.45) is 15.9 Å². The molecule has 4 N–H and O–H groups in total. The number of primary sulfonamides is 1. The van der Waals surface area contributed by atoms with E-state index in [2.05, 4.69) is 4.99 Å². The topological polar surface area (TPSA) is 98.5 Å². The van der Waals surface area contributed by atoms with Gasteiger partial charge < -0.3 is 5.73 Å². The van der Waals surface area contributed by atoms with Crippen molar-refractivity contribution < 1.29 is 8.42 Å². The second-order valence-corrected chi connectivity index (χ2v) is 3.83. The predicted molar refractivity (Wildman–Crippen MR) is 44.8 cm³/mol. The smallest absolute Gasteiger partial charge is 0.210 e. The highest BCUT2D eigenvalue weighted by atomic mass is 32.2. The number of sulfonamides is 1. The van der Waals surface area contributed by atoms with Crippen LogP contribution in [0.25, 0.3) is 0 Å². The van der Waals surface area contributed by atoms with E-state index in [1.165, 1.54) is 0 Å². The van der Waals surface area contributed by atoms with Gasteiger partial charge in [0.25, 0.3) is 0 Å². The van der Waals surface area contributed by atoms with Crippen LogP contribution >= 0.6 is 0 Å². The van der Waals surface area contributed by atoms with E-state index < -0.39 is 10.0 Å². The largest absolute Gasteiger partial charge is 0.387 e. The van der Waals surface area contributed by atoms with Crippen LogP contribution in [0.2, 0.25) is 0 Å². The average molecular weight is 179 g/mol. The summed E-state index contributed by atoms with van der Waals surface area (Å²) in [5.74, 6) is 0.307. The fraction of sp³-hybridized carbons (Fsp3) is 0.800. The lowest BCUT2D eigenvalue weighted by Gasteiger charge is -1.95. The first kappa shape index (κ1) is 10.4. The van der Waals surface area contributed by atoms with Crippen molar-refractivity contribution in [3.05, 3.63) is 0 Å². The van der Waals surface area contributed by atoms with Crippen LogP contribution in [0.5, 0.6) is 0 Å². The first-order valence-corrected chi connectivity index (χ1v) is 4.96. The second kappa shape index (κ2) is 4.30. The maximum atomic E-state index is 10.4. The van der Waals surface area contributed by atoms with Gasteiger partial charge in [-0.25, -0.2) is 13.6 Å². The van der Waals surface area contributed by atoms with Gasteiger partial charge in [-0.05, 0) is 0 Å². The second-order valence-electron chi connectivity index (χ2n) is 2.09. The lowest BCUT2D eigenvalue weighted by Crippen LogP contribution is -2.20. The molecule has 0 unspecified atom stereocenters. The molecule has 0 heterocycles. The molecule has 0 rings (SSSR count). The van der Waals surface area contributed by atoms with E-state index in [1.807, 2.05) is 6.92 Å². The van der Waals surface area contributed by atoms with Crippen molar-refractivity contribution in [2.75, 3.05) is 12.3 Å². The molecule has 66 valence electrons. The van der Waals surface area contributed by atoms with Gasteiger partial charge in [-0.3, -0.25) is 4.99 Å². The van der Waals surface area contributed by atoms with Crippen LogP contribution in [0, 0.1) is 0 Å². The van der Waals surface area contributed by atoms with Crippen molar-refractivity contribution in [2.45, 2.75) is 13.3 Å². The molecule has 0 radical (unpaired) electrons. The SMILES string of the molecule is CCC(N)=NCCS(N)(=O)=O. The van der Waals surface area contributed by atoms with Gasteiger partial charge in [-0.1, -0.05) is 6.92 Å². The summed E-state index contributed by atoms with van der Waals surface area (Å²) in [4.78, 5) is 3.76. The average Bonchev–Trinajstić information content (AvgIpc) is 1.85. The third-order valence-electron chi connectivity index (χ3n) is 1.05. The predicted octanol–water partition coefficient (Wildman–Crippen LogP) is -0.958. The van der Waals surface area contributed by atoms with E-state index in [0.717, 1.165) is 0 Å². The molecule has 0 aliphatic rings. The Labute approximate surface area is 66.5 Å². The fourth-order valence-electron chi connectivity index (χ4n) is 0.428. The van der Waals surface area contributed by atoms with E-state index in [4.69, 9.17) is 10.9 Å². The van der Waals surface area contributed by atoms with Gasteiger partial charge in [0, 0.05) is 6.42 Å². The summed E-state index contributed by atoms with van der Waals surface area (Å²) in [6, 6.07) is 0. The summed E-state index contributed by atoms with van der Waals surface area (Å²) in [5, 5.41) is 4.73. The van der Waals surface area contributed by atoms with Crippen LogP contribution in [0.15, 0.2) is 4.99 Å². The summed E-state index contributed by atoms with van der Waals surface area (Å²) < 4.78 is 20.7. The maximum absolute atomic E-state index is 10.4. The first-order chi connectivity index (χ1) is 4.95. The van der Waals surface area contributed by atoms with E-state index in [0.29, 0.717) is 12.3 Å². The molecule has 0 aliphatic heterocycles. The molecule has 0 spiro atoms. The minimum atomic E-state index is -3.39. The summed E-state index contributed by atoms with van der Waals surface area (Å²) in [6.07, 6.45) is 0.630. The highest BCUT2D eigenvalue weighted by Gasteiger charge is 1.99. The van der Waals surface area contributed by atoms with Crippen LogP contribution in [-0.2, 0) is 10.0 Å². The van der Waals surface area contributed by atoms with Gasteiger partial charge >= 0.3 is 0 Å². The zero-order valence-electron chi connectivity index (χ0n) is 6.45. The van der Waals surface area contributed by atoms with E-state index in [-0.39, 0.29) is 12.3 Å². The Hall–Kier alpha value is -0.620. The summed E-state index contributed by atoms with van der Waals surface area (Å²) >= 11 is 0. The Kier molecular flexibility index (Phi) is 4.06. The minimum absolute atomic E-state index is 0.145. The van der Waals surface area contributed by atoms with Crippen molar-refractivity contribution in [3.63, 3.8) is 0 Å². The normalized spacial score (nSPS) is 13.5. The van der Waals surface area contributed by atoms with Gasteiger partial charge in [-0.15, -0.1) is 0 Å². The van der Waals surface area contributed by atoms with E-state index in [1.54, 1.807) is 0 Å². The third kappa shape index (κ3) is 7.27. The summed E-state index contributed by atoms with van der Waals surface area (Å²) in [6.45, 7) is 1.99. The Morgan fingerprint density at radius 2 is 2.09 bits per heavy atom. The molecule has 0 saturated carbocycles. The molecule has 0 fully saturated rings. The third-order valence-corrected chi connectivity index (χ3v) is 1.80. The number of hydrogen-bond donors (Lipinski definition) is 2. The molecule has 0 aromatic carbocycles. The minimum Gasteiger partial charge on any atom is -0.387 e. The van der Waals surface area contributed by atoms with E-state index in [9.17, 15) is 8.42 Å². The van der Waals surface area contributed by atoms with Crippen molar-refractivity contribution in [1.29, 1.82) is 0 Å². The molecular formula is C5H13N3O2S. The first-order valence-electron chi connectivity index (χ1n) is 3.25. The molecule has 0 amide bonds. The molecule has 0 aromatic heterocycles.